The molecule has 0 aliphatic rings. The Hall–Kier alpha value is -3.57. The van der Waals surface area contributed by atoms with Crippen molar-refractivity contribution in [3.05, 3.63) is 97.1 Å². The standard InChI is InChI=1S/C24H16N2O2S/c27-29(28,25-21-13-5-1-9-17(21)18-10-2-6-14-22(18)25)26-23-15-7-3-11-19(23)20-12-4-8-16-24(20)26/h1-16H. The van der Waals surface area contributed by atoms with Gasteiger partial charge in [0.2, 0.25) is 0 Å². The number of benzene rings is 4. The van der Waals surface area contributed by atoms with Crippen LogP contribution in [0.5, 0.6) is 0 Å². The van der Waals surface area contributed by atoms with Crippen LogP contribution in [0.2, 0.25) is 0 Å². The van der Waals surface area contributed by atoms with Gasteiger partial charge in [-0.3, -0.25) is 0 Å². The van der Waals surface area contributed by atoms with E-state index >= 15 is 0 Å². The van der Waals surface area contributed by atoms with Crippen molar-refractivity contribution >= 4 is 53.8 Å². The maximum atomic E-state index is 14.1. The van der Waals surface area contributed by atoms with Gasteiger partial charge in [0.15, 0.2) is 0 Å². The van der Waals surface area contributed by atoms with E-state index in [1.54, 1.807) is 0 Å². The van der Waals surface area contributed by atoms with Crippen LogP contribution < -0.4 is 0 Å². The van der Waals surface area contributed by atoms with Gasteiger partial charge < -0.3 is 0 Å². The topological polar surface area (TPSA) is 44.0 Å². The molecule has 0 N–H and O–H groups in total. The van der Waals surface area contributed by atoms with Crippen molar-refractivity contribution in [1.82, 2.24) is 7.94 Å². The Labute approximate surface area is 167 Å². The molecular weight excluding hydrogens is 380 g/mol. The fourth-order valence-electron chi connectivity index (χ4n) is 4.35. The molecule has 5 heteroatoms. The summed E-state index contributed by atoms with van der Waals surface area (Å²) in [6.07, 6.45) is 0. The average Bonchev–Trinajstić information content (AvgIpc) is 3.28. The Morgan fingerprint density at radius 2 is 0.655 bits per heavy atom. The summed E-state index contributed by atoms with van der Waals surface area (Å²) in [5.74, 6) is 0. The second kappa shape index (κ2) is 5.72. The van der Waals surface area contributed by atoms with E-state index in [0.29, 0.717) is 22.1 Å². The molecule has 6 rings (SSSR count). The molecule has 140 valence electrons. The zero-order valence-electron chi connectivity index (χ0n) is 15.4. The van der Waals surface area contributed by atoms with E-state index in [9.17, 15) is 8.42 Å². The number of rotatable bonds is 2. The van der Waals surface area contributed by atoms with Gasteiger partial charge in [0.25, 0.3) is 0 Å². The summed E-state index contributed by atoms with van der Waals surface area (Å²) in [7, 11) is -3.93. The number of hydrogen-bond acceptors (Lipinski definition) is 2. The molecule has 0 unspecified atom stereocenters. The molecule has 0 atom stereocenters. The smallest absolute Gasteiger partial charge is 0.220 e. The van der Waals surface area contributed by atoms with Crippen molar-refractivity contribution in [3.8, 4) is 0 Å². The molecule has 0 amide bonds. The largest absolute Gasteiger partial charge is 0.335 e. The highest BCUT2D eigenvalue weighted by Gasteiger charge is 2.26. The second-order valence-corrected chi connectivity index (χ2v) is 8.73. The fraction of sp³-hybridized carbons (Fsp3) is 0. The highest BCUT2D eigenvalue weighted by molar-refractivity contribution is 7.89. The Bertz CT molecular complexity index is 1450. The SMILES string of the molecule is O=S(=O)(n1c2ccccc2c2ccccc21)n1c2ccccc2c2ccccc21. The van der Waals surface area contributed by atoms with Gasteiger partial charge in [0.05, 0.1) is 22.1 Å². The first-order valence-corrected chi connectivity index (χ1v) is 10.8. The van der Waals surface area contributed by atoms with Gasteiger partial charge in [-0.05, 0) is 24.3 Å². The molecule has 0 saturated heterocycles. The Morgan fingerprint density at radius 1 is 0.414 bits per heavy atom. The number of fused-ring (bicyclic) bond motifs is 6. The van der Waals surface area contributed by atoms with Crippen molar-refractivity contribution in [2.24, 2.45) is 0 Å². The summed E-state index contributed by atoms with van der Waals surface area (Å²) in [6, 6.07) is 30.6. The number of nitrogens with zero attached hydrogens (tertiary/aromatic N) is 2. The monoisotopic (exact) mass is 396 g/mol. The summed E-state index contributed by atoms with van der Waals surface area (Å²) < 4.78 is 31.2. The highest BCUT2D eigenvalue weighted by atomic mass is 32.2. The van der Waals surface area contributed by atoms with Crippen LogP contribution in [0, 0.1) is 0 Å². The molecule has 2 aromatic heterocycles. The predicted molar refractivity (Wildman–Crippen MR) is 119 cm³/mol. The van der Waals surface area contributed by atoms with E-state index in [0.717, 1.165) is 21.5 Å². The molecule has 29 heavy (non-hydrogen) atoms. The summed E-state index contributed by atoms with van der Waals surface area (Å²) in [5.41, 5.74) is 2.71. The first kappa shape index (κ1) is 16.4. The third kappa shape index (κ3) is 2.10. The van der Waals surface area contributed by atoms with Crippen LogP contribution in [-0.4, -0.2) is 16.4 Å². The molecule has 0 aliphatic carbocycles. The number of para-hydroxylation sites is 4. The maximum absolute atomic E-state index is 14.1. The predicted octanol–water partition coefficient (Wildman–Crippen LogP) is 5.54. The quantitative estimate of drug-likeness (QED) is 0.385. The van der Waals surface area contributed by atoms with Crippen LogP contribution in [0.4, 0.5) is 0 Å². The van der Waals surface area contributed by atoms with Crippen molar-refractivity contribution in [2.45, 2.75) is 0 Å². The summed E-state index contributed by atoms with van der Waals surface area (Å²) in [5, 5.41) is 3.69. The Balaban J connectivity index is 1.84. The van der Waals surface area contributed by atoms with Gasteiger partial charge >= 0.3 is 10.2 Å². The van der Waals surface area contributed by atoms with Crippen molar-refractivity contribution in [1.29, 1.82) is 0 Å². The molecule has 4 nitrogen and oxygen atoms in total. The lowest BCUT2D eigenvalue weighted by Gasteiger charge is -2.13. The molecule has 0 radical (unpaired) electrons. The minimum absolute atomic E-state index is 0.676. The van der Waals surface area contributed by atoms with Crippen LogP contribution in [0.15, 0.2) is 97.1 Å². The lowest BCUT2D eigenvalue weighted by atomic mass is 10.2. The first-order valence-electron chi connectivity index (χ1n) is 9.40. The van der Waals surface area contributed by atoms with E-state index < -0.39 is 10.2 Å². The average molecular weight is 396 g/mol. The van der Waals surface area contributed by atoms with Gasteiger partial charge in [-0.2, -0.15) is 8.42 Å². The molecule has 0 spiro atoms. The van der Waals surface area contributed by atoms with Crippen molar-refractivity contribution in [2.75, 3.05) is 0 Å². The summed E-state index contributed by atoms with van der Waals surface area (Å²) in [4.78, 5) is 0. The molecule has 0 aliphatic heterocycles. The third-order valence-electron chi connectivity index (χ3n) is 5.53. The fourth-order valence-corrected chi connectivity index (χ4v) is 6.15. The molecular formula is C24H16N2O2S. The van der Waals surface area contributed by atoms with E-state index in [1.165, 1.54) is 7.94 Å². The van der Waals surface area contributed by atoms with Gasteiger partial charge in [0.1, 0.15) is 0 Å². The Kier molecular flexibility index (Phi) is 3.23. The number of aromatic nitrogens is 2. The normalized spacial score (nSPS) is 12.4. The lowest BCUT2D eigenvalue weighted by molar-refractivity contribution is 0.584. The zero-order valence-corrected chi connectivity index (χ0v) is 16.2. The minimum Gasteiger partial charge on any atom is -0.220 e. The lowest BCUT2D eigenvalue weighted by Crippen LogP contribution is -2.21. The second-order valence-electron chi connectivity index (χ2n) is 7.11. The van der Waals surface area contributed by atoms with Crippen LogP contribution in [0.3, 0.4) is 0 Å². The first-order chi connectivity index (χ1) is 14.2. The highest BCUT2D eigenvalue weighted by Crippen LogP contribution is 2.35. The summed E-state index contributed by atoms with van der Waals surface area (Å²) in [6.45, 7) is 0. The van der Waals surface area contributed by atoms with E-state index in [2.05, 4.69) is 0 Å². The van der Waals surface area contributed by atoms with Gasteiger partial charge in [-0.15, -0.1) is 0 Å². The molecule has 2 heterocycles. The summed E-state index contributed by atoms with van der Waals surface area (Å²) >= 11 is 0. The van der Waals surface area contributed by atoms with Crippen molar-refractivity contribution in [3.63, 3.8) is 0 Å². The van der Waals surface area contributed by atoms with Crippen LogP contribution >= 0.6 is 0 Å². The van der Waals surface area contributed by atoms with Gasteiger partial charge in [-0.1, -0.05) is 72.8 Å². The van der Waals surface area contributed by atoms with Crippen molar-refractivity contribution < 1.29 is 8.42 Å². The molecule has 0 bridgehead atoms. The van der Waals surface area contributed by atoms with Crippen LogP contribution in [0.1, 0.15) is 0 Å². The molecule has 6 aromatic rings. The van der Waals surface area contributed by atoms with Gasteiger partial charge in [-0.25, -0.2) is 7.94 Å². The van der Waals surface area contributed by atoms with E-state index in [-0.39, 0.29) is 0 Å². The van der Waals surface area contributed by atoms with E-state index in [1.807, 2.05) is 97.1 Å². The maximum Gasteiger partial charge on any atom is 0.335 e. The molecule has 0 saturated carbocycles. The van der Waals surface area contributed by atoms with E-state index in [4.69, 9.17) is 0 Å². The zero-order chi connectivity index (χ0) is 19.6. The molecule has 0 fully saturated rings. The molecule has 4 aromatic carbocycles. The van der Waals surface area contributed by atoms with Gasteiger partial charge in [0, 0.05) is 21.5 Å². The number of hydrogen-bond donors (Lipinski definition) is 0. The third-order valence-corrected chi connectivity index (χ3v) is 7.24. The Morgan fingerprint density at radius 3 is 0.931 bits per heavy atom. The van der Waals surface area contributed by atoms with Crippen LogP contribution in [-0.2, 0) is 10.2 Å². The minimum atomic E-state index is -3.93. The van der Waals surface area contributed by atoms with Crippen LogP contribution in [0.25, 0.3) is 43.6 Å².